The Labute approximate surface area is 83.0 Å². The number of aldehydes is 1. The van der Waals surface area contributed by atoms with Crippen molar-refractivity contribution in [1.29, 1.82) is 0 Å². The quantitative estimate of drug-likeness (QED) is 0.746. The SMILES string of the molecule is CN[C@@H](C=O)C(C)(C)c1ccsc1. The van der Waals surface area contributed by atoms with Gasteiger partial charge in [0.2, 0.25) is 0 Å². The molecule has 0 aromatic carbocycles. The summed E-state index contributed by atoms with van der Waals surface area (Å²) in [5.41, 5.74) is 1.08. The maximum Gasteiger partial charge on any atom is 0.137 e. The molecule has 0 unspecified atom stereocenters. The zero-order chi connectivity index (χ0) is 9.90. The smallest absolute Gasteiger partial charge is 0.137 e. The minimum absolute atomic E-state index is 0.123. The minimum atomic E-state index is -0.128. The molecule has 13 heavy (non-hydrogen) atoms. The molecular formula is C10H15NOS. The van der Waals surface area contributed by atoms with Crippen LogP contribution in [0.25, 0.3) is 0 Å². The molecule has 0 fully saturated rings. The average Bonchev–Trinajstić information content (AvgIpc) is 2.58. The number of rotatable bonds is 4. The second-order valence-electron chi connectivity index (χ2n) is 3.64. The van der Waals surface area contributed by atoms with Crippen molar-refractivity contribution in [3.05, 3.63) is 22.4 Å². The van der Waals surface area contributed by atoms with Gasteiger partial charge >= 0.3 is 0 Å². The van der Waals surface area contributed by atoms with E-state index in [1.165, 1.54) is 5.56 Å². The van der Waals surface area contributed by atoms with Crippen LogP contribution in [0.1, 0.15) is 19.4 Å². The lowest BCUT2D eigenvalue weighted by atomic mass is 9.80. The molecule has 3 heteroatoms. The van der Waals surface area contributed by atoms with E-state index < -0.39 is 0 Å². The number of thiophene rings is 1. The van der Waals surface area contributed by atoms with Crippen molar-refractivity contribution in [1.82, 2.24) is 5.32 Å². The molecule has 0 bridgehead atoms. The molecule has 0 aliphatic heterocycles. The van der Waals surface area contributed by atoms with E-state index in [2.05, 4.69) is 30.6 Å². The van der Waals surface area contributed by atoms with E-state index in [1.807, 2.05) is 12.4 Å². The van der Waals surface area contributed by atoms with E-state index in [9.17, 15) is 4.79 Å². The topological polar surface area (TPSA) is 29.1 Å². The lowest BCUT2D eigenvalue weighted by Crippen LogP contribution is -2.44. The zero-order valence-corrected chi connectivity index (χ0v) is 9.02. The number of nitrogens with one attached hydrogen (secondary N) is 1. The summed E-state index contributed by atoms with van der Waals surface area (Å²) in [4.78, 5) is 10.8. The third-order valence-corrected chi connectivity index (χ3v) is 3.17. The van der Waals surface area contributed by atoms with Gasteiger partial charge in [-0.3, -0.25) is 0 Å². The second-order valence-corrected chi connectivity index (χ2v) is 4.42. The van der Waals surface area contributed by atoms with Crippen LogP contribution < -0.4 is 5.32 Å². The molecule has 1 N–H and O–H groups in total. The maximum absolute atomic E-state index is 10.8. The summed E-state index contributed by atoms with van der Waals surface area (Å²) in [6.45, 7) is 4.15. The fourth-order valence-corrected chi connectivity index (χ4v) is 2.24. The summed E-state index contributed by atoms with van der Waals surface area (Å²) < 4.78 is 0. The first-order valence-electron chi connectivity index (χ1n) is 4.28. The summed E-state index contributed by atoms with van der Waals surface area (Å²) in [7, 11) is 1.81. The molecule has 1 aromatic rings. The van der Waals surface area contributed by atoms with Crippen LogP contribution in [0, 0.1) is 0 Å². The molecule has 1 aromatic heterocycles. The molecule has 0 spiro atoms. The molecule has 0 amide bonds. The molecule has 0 saturated carbocycles. The van der Waals surface area contributed by atoms with Gasteiger partial charge in [0.15, 0.2) is 0 Å². The zero-order valence-electron chi connectivity index (χ0n) is 8.20. The van der Waals surface area contributed by atoms with Gasteiger partial charge < -0.3 is 10.1 Å². The summed E-state index contributed by atoms with van der Waals surface area (Å²) >= 11 is 1.66. The largest absolute Gasteiger partial charge is 0.310 e. The predicted octanol–water partition coefficient (Wildman–Crippen LogP) is 1.81. The number of hydrogen-bond donors (Lipinski definition) is 1. The first-order valence-corrected chi connectivity index (χ1v) is 5.22. The Morgan fingerprint density at radius 2 is 2.31 bits per heavy atom. The Balaban J connectivity index is 2.93. The average molecular weight is 197 g/mol. The van der Waals surface area contributed by atoms with Gasteiger partial charge in [0.1, 0.15) is 6.29 Å². The summed E-state index contributed by atoms with van der Waals surface area (Å²) in [6.07, 6.45) is 0.970. The van der Waals surface area contributed by atoms with Crippen molar-refractivity contribution in [2.24, 2.45) is 0 Å². The van der Waals surface area contributed by atoms with Gasteiger partial charge in [0.25, 0.3) is 0 Å². The van der Waals surface area contributed by atoms with Crippen LogP contribution in [-0.2, 0) is 10.2 Å². The van der Waals surface area contributed by atoms with E-state index in [1.54, 1.807) is 11.3 Å². The van der Waals surface area contributed by atoms with Crippen molar-refractivity contribution in [3.63, 3.8) is 0 Å². The van der Waals surface area contributed by atoms with E-state index in [0.717, 1.165) is 6.29 Å². The fraction of sp³-hybridized carbons (Fsp3) is 0.500. The summed E-state index contributed by atoms with van der Waals surface area (Å²) in [5.74, 6) is 0. The Kier molecular flexibility index (Phi) is 3.22. The van der Waals surface area contributed by atoms with Gasteiger partial charge in [-0.05, 0) is 29.4 Å². The molecule has 0 aliphatic rings. The molecule has 0 aliphatic carbocycles. The van der Waals surface area contributed by atoms with Gasteiger partial charge in [-0.2, -0.15) is 11.3 Å². The first kappa shape index (κ1) is 10.4. The maximum atomic E-state index is 10.8. The van der Waals surface area contributed by atoms with Crippen molar-refractivity contribution < 1.29 is 4.79 Å². The third kappa shape index (κ3) is 1.98. The van der Waals surface area contributed by atoms with E-state index in [4.69, 9.17) is 0 Å². The summed E-state index contributed by atoms with van der Waals surface area (Å²) in [5, 5.41) is 7.14. The Morgan fingerprint density at radius 3 is 2.69 bits per heavy atom. The van der Waals surface area contributed by atoms with Crippen molar-refractivity contribution in [3.8, 4) is 0 Å². The summed E-state index contributed by atoms with van der Waals surface area (Å²) in [6, 6.07) is 1.94. The number of hydrogen-bond acceptors (Lipinski definition) is 3. The van der Waals surface area contributed by atoms with Crippen molar-refractivity contribution in [2.75, 3.05) is 7.05 Å². The lowest BCUT2D eigenvalue weighted by Gasteiger charge is -2.29. The van der Waals surface area contributed by atoms with Crippen LogP contribution in [0.2, 0.25) is 0 Å². The van der Waals surface area contributed by atoms with Crippen LogP contribution in [0.5, 0.6) is 0 Å². The fourth-order valence-electron chi connectivity index (χ4n) is 1.41. The molecule has 0 saturated heterocycles. The van der Waals surface area contributed by atoms with Crippen LogP contribution >= 0.6 is 11.3 Å². The highest BCUT2D eigenvalue weighted by molar-refractivity contribution is 7.08. The van der Waals surface area contributed by atoms with Gasteiger partial charge in [0, 0.05) is 5.41 Å². The highest BCUT2D eigenvalue weighted by Crippen LogP contribution is 2.27. The minimum Gasteiger partial charge on any atom is -0.310 e. The number of carbonyl (C=O) groups is 1. The van der Waals surface area contributed by atoms with Crippen LogP contribution in [0.4, 0.5) is 0 Å². The van der Waals surface area contributed by atoms with Gasteiger partial charge in [-0.15, -0.1) is 0 Å². The monoisotopic (exact) mass is 197 g/mol. The van der Waals surface area contributed by atoms with Crippen molar-refractivity contribution >= 4 is 17.6 Å². The molecule has 2 nitrogen and oxygen atoms in total. The Bertz CT molecular complexity index is 266. The molecule has 0 radical (unpaired) electrons. The van der Waals surface area contributed by atoms with Gasteiger partial charge in [-0.25, -0.2) is 0 Å². The Morgan fingerprint density at radius 1 is 1.62 bits per heavy atom. The van der Waals surface area contributed by atoms with E-state index in [-0.39, 0.29) is 11.5 Å². The molecule has 1 rings (SSSR count). The van der Waals surface area contributed by atoms with Crippen molar-refractivity contribution in [2.45, 2.75) is 25.3 Å². The normalized spacial score (nSPS) is 14.1. The number of likely N-dealkylation sites (N-methyl/N-ethyl adjacent to an activating group) is 1. The highest BCUT2D eigenvalue weighted by atomic mass is 32.1. The third-order valence-electron chi connectivity index (χ3n) is 2.49. The molecule has 1 atom stereocenters. The Hall–Kier alpha value is -0.670. The van der Waals surface area contributed by atoms with E-state index >= 15 is 0 Å². The molecule has 1 heterocycles. The number of carbonyl (C=O) groups excluding carboxylic acids is 1. The predicted molar refractivity (Wildman–Crippen MR) is 56.3 cm³/mol. The second kappa shape index (κ2) is 4.03. The first-order chi connectivity index (χ1) is 6.12. The van der Waals surface area contributed by atoms with Crippen LogP contribution in [0.3, 0.4) is 0 Å². The highest BCUT2D eigenvalue weighted by Gasteiger charge is 2.30. The van der Waals surface area contributed by atoms with Crippen LogP contribution in [-0.4, -0.2) is 19.4 Å². The lowest BCUT2D eigenvalue weighted by molar-refractivity contribution is -0.110. The van der Waals surface area contributed by atoms with Gasteiger partial charge in [-0.1, -0.05) is 13.8 Å². The molecule has 72 valence electrons. The standard InChI is InChI=1S/C10H15NOS/c1-10(2,9(6-12)11-3)8-4-5-13-7-8/h4-7,9,11H,1-3H3/t9-/m0/s1. The van der Waals surface area contributed by atoms with Gasteiger partial charge in [0.05, 0.1) is 6.04 Å². The van der Waals surface area contributed by atoms with Crippen LogP contribution in [0.15, 0.2) is 16.8 Å². The molecular weight excluding hydrogens is 182 g/mol. The van der Waals surface area contributed by atoms with E-state index in [0.29, 0.717) is 0 Å².